The Bertz CT molecular complexity index is 1290. The number of methoxy groups -OCH3 is 1. The van der Waals surface area contributed by atoms with Crippen molar-refractivity contribution in [3.63, 3.8) is 0 Å². The Morgan fingerprint density at radius 2 is 1.89 bits per heavy atom. The average Bonchev–Trinajstić information content (AvgIpc) is 2.77. The van der Waals surface area contributed by atoms with E-state index in [9.17, 15) is 31.9 Å². The van der Waals surface area contributed by atoms with E-state index in [4.69, 9.17) is 16.3 Å². The largest absolute Gasteiger partial charge is 0.494 e. The molecule has 0 saturated carbocycles. The lowest BCUT2D eigenvalue weighted by atomic mass is 9.84. The van der Waals surface area contributed by atoms with Crippen LogP contribution in [0.2, 0.25) is 5.02 Å². The first-order chi connectivity index (χ1) is 16.3. The number of aliphatic hydroxyl groups is 1. The lowest BCUT2D eigenvalue weighted by molar-refractivity contribution is -0.265. The summed E-state index contributed by atoms with van der Waals surface area (Å²) in [6, 6.07) is 4.43. The van der Waals surface area contributed by atoms with Crippen molar-refractivity contribution in [1.29, 1.82) is 0 Å². The van der Waals surface area contributed by atoms with Crippen LogP contribution in [0.3, 0.4) is 0 Å². The Morgan fingerprint density at radius 1 is 1.20 bits per heavy atom. The van der Waals surface area contributed by atoms with Crippen LogP contribution in [-0.2, 0) is 0 Å². The number of thioether (sulfide) groups is 1. The van der Waals surface area contributed by atoms with Crippen molar-refractivity contribution in [1.82, 2.24) is 4.98 Å². The number of hydrogen-bond donors (Lipinski definition) is 3. The third kappa shape index (κ3) is 5.07. The first-order valence-electron chi connectivity index (χ1n) is 10.4. The summed E-state index contributed by atoms with van der Waals surface area (Å²) >= 11 is 6.98. The van der Waals surface area contributed by atoms with Gasteiger partial charge in [-0.25, -0.2) is 8.78 Å². The first kappa shape index (κ1) is 27.1. The molecule has 190 valence electrons. The summed E-state index contributed by atoms with van der Waals surface area (Å²) in [5.41, 5.74) is -4.62. The van der Waals surface area contributed by atoms with Crippen LogP contribution in [0.5, 0.6) is 5.75 Å². The molecule has 3 rings (SSSR count). The van der Waals surface area contributed by atoms with Crippen molar-refractivity contribution in [3.05, 3.63) is 69.0 Å². The normalized spacial score (nSPS) is 15.5. The molecule has 1 heterocycles. The number of benzene rings is 2. The number of rotatable bonds is 8. The minimum atomic E-state index is -5.22. The minimum Gasteiger partial charge on any atom is -0.494 e. The topological polar surface area (TPSA) is 74.4 Å². The Morgan fingerprint density at radius 3 is 2.49 bits per heavy atom. The van der Waals surface area contributed by atoms with E-state index in [0.717, 1.165) is 49.2 Å². The number of fused-ring (bicyclic) bond motifs is 1. The van der Waals surface area contributed by atoms with Crippen LogP contribution in [0.1, 0.15) is 25.5 Å². The van der Waals surface area contributed by atoms with Crippen LogP contribution in [0.15, 0.2) is 41.2 Å². The highest BCUT2D eigenvalue weighted by molar-refractivity contribution is 7.99. The summed E-state index contributed by atoms with van der Waals surface area (Å²) in [5.74, 6) is -2.05. The number of halogens is 6. The van der Waals surface area contributed by atoms with Crippen LogP contribution in [-0.4, -0.2) is 40.0 Å². The molecule has 0 bridgehead atoms. The quantitative estimate of drug-likeness (QED) is 0.305. The number of alkyl halides is 3. The minimum absolute atomic E-state index is 0.0114. The summed E-state index contributed by atoms with van der Waals surface area (Å²) in [4.78, 5) is 14.1. The molecule has 0 saturated heterocycles. The van der Waals surface area contributed by atoms with E-state index in [1.165, 1.54) is 13.0 Å². The van der Waals surface area contributed by atoms with Gasteiger partial charge in [-0.1, -0.05) is 31.5 Å². The van der Waals surface area contributed by atoms with Crippen LogP contribution in [0, 0.1) is 11.6 Å². The van der Waals surface area contributed by atoms with Gasteiger partial charge in [0.05, 0.1) is 23.7 Å². The number of nitrogens with one attached hydrogen (secondary N) is 2. The van der Waals surface area contributed by atoms with Crippen molar-refractivity contribution < 1.29 is 31.8 Å². The summed E-state index contributed by atoms with van der Waals surface area (Å²) in [7, 11) is 1.16. The molecule has 0 fully saturated rings. The molecule has 3 N–H and O–H groups in total. The van der Waals surface area contributed by atoms with Crippen LogP contribution in [0.25, 0.3) is 10.9 Å². The summed E-state index contributed by atoms with van der Waals surface area (Å²) in [5, 5.41) is 11.8. The SMILES string of the molecule is CCSC(C)C(O)(C(Nc1cc(F)cc2[nH]c(=O)ccc12)c1ccc(OC)c(F)c1Cl)C(F)(F)F. The van der Waals surface area contributed by atoms with Gasteiger partial charge in [-0.3, -0.25) is 4.79 Å². The van der Waals surface area contributed by atoms with Gasteiger partial charge in [0.15, 0.2) is 17.2 Å². The summed E-state index contributed by atoms with van der Waals surface area (Å²) < 4.78 is 77.7. The van der Waals surface area contributed by atoms with Gasteiger partial charge in [0.25, 0.3) is 0 Å². The van der Waals surface area contributed by atoms with Crippen molar-refractivity contribution in [2.75, 3.05) is 18.2 Å². The number of ether oxygens (including phenoxy) is 1. The molecule has 5 nitrogen and oxygen atoms in total. The Labute approximate surface area is 206 Å². The van der Waals surface area contributed by atoms with Gasteiger partial charge >= 0.3 is 6.18 Å². The third-order valence-corrected chi connectivity index (χ3v) is 7.22. The molecule has 3 atom stereocenters. The smallest absolute Gasteiger partial charge is 0.420 e. The van der Waals surface area contributed by atoms with E-state index < -0.39 is 50.8 Å². The predicted octanol–water partition coefficient (Wildman–Crippen LogP) is 6.06. The Hall–Kier alpha value is -2.50. The lowest BCUT2D eigenvalue weighted by Crippen LogP contribution is -2.58. The van der Waals surface area contributed by atoms with Gasteiger partial charge in [0.2, 0.25) is 5.56 Å². The zero-order valence-corrected chi connectivity index (χ0v) is 20.3. The van der Waals surface area contributed by atoms with Gasteiger partial charge < -0.3 is 20.1 Å². The highest BCUT2D eigenvalue weighted by atomic mass is 35.5. The number of aromatic nitrogens is 1. The molecule has 0 aliphatic rings. The maximum Gasteiger partial charge on any atom is 0.420 e. The summed E-state index contributed by atoms with van der Waals surface area (Å²) in [6.45, 7) is 2.81. The molecule has 12 heteroatoms. The van der Waals surface area contributed by atoms with Crippen molar-refractivity contribution in [2.45, 2.75) is 36.9 Å². The third-order valence-electron chi connectivity index (χ3n) is 5.64. The standard InChI is InChI=1S/C23H22ClF5N2O3S/c1-4-35-11(2)22(33,23(27,28)29)21(14-5-7-17(34-3)20(26)19(14)24)31-16-10-12(25)9-15-13(16)6-8-18(32)30-15/h5-11,21,31,33H,4H2,1-3H3,(H,30,32). The fraction of sp³-hybridized carbons (Fsp3) is 0.348. The summed E-state index contributed by atoms with van der Waals surface area (Å²) in [6.07, 6.45) is -5.22. The molecule has 0 spiro atoms. The second-order valence-corrected chi connectivity index (χ2v) is 9.72. The zero-order chi connectivity index (χ0) is 26.1. The lowest BCUT2D eigenvalue weighted by Gasteiger charge is -2.42. The van der Waals surface area contributed by atoms with Crippen LogP contribution in [0.4, 0.5) is 27.6 Å². The molecule has 3 aromatic rings. The maximum atomic E-state index is 14.8. The van der Waals surface area contributed by atoms with E-state index >= 15 is 0 Å². The molecule has 0 radical (unpaired) electrons. The Balaban J connectivity index is 2.33. The van der Waals surface area contributed by atoms with Gasteiger partial charge in [0, 0.05) is 22.4 Å². The van der Waals surface area contributed by atoms with E-state index in [-0.39, 0.29) is 28.1 Å². The first-order valence-corrected chi connectivity index (χ1v) is 11.8. The number of H-pyrrole nitrogens is 1. The number of anilines is 1. The second kappa shape index (κ2) is 10.2. The molecule has 3 unspecified atom stereocenters. The monoisotopic (exact) mass is 536 g/mol. The van der Waals surface area contributed by atoms with E-state index in [2.05, 4.69) is 10.3 Å². The maximum absolute atomic E-state index is 14.8. The predicted molar refractivity (Wildman–Crippen MR) is 127 cm³/mol. The fourth-order valence-electron chi connectivity index (χ4n) is 3.87. The van der Waals surface area contributed by atoms with Gasteiger partial charge in [-0.2, -0.15) is 24.9 Å². The molecule has 35 heavy (non-hydrogen) atoms. The molecule has 0 aliphatic heterocycles. The van der Waals surface area contributed by atoms with Crippen LogP contribution < -0.4 is 15.6 Å². The molecule has 2 aromatic carbocycles. The van der Waals surface area contributed by atoms with E-state index in [1.807, 2.05) is 0 Å². The number of aromatic amines is 1. The second-order valence-electron chi connectivity index (χ2n) is 7.72. The number of pyridine rings is 1. The molecule has 1 aromatic heterocycles. The van der Waals surface area contributed by atoms with Gasteiger partial charge in [0.1, 0.15) is 5.82 Å². The van der Waals surface area contributed by atoms with Gasteiger partial charge in [-0.05, 0) is 35.6 Å². The molecule has 0 amide bonds. The van der Waals surface area contributed by atoms with Gasteiger partial charge in [-0.15, -0.1) is 0 Å². The van der Waals surface area contributed by atoms with Crippen molar-refractivity contribution in [3.8, 4) is 5.75 Å². The van der Waals surface area contributed by atoms with E-state index in [1.54, 1.807) is 6.92 Å². The zero-order valence-electron chi connectivity index (χ0n) is 18.8. The average molecular weight is 537 g/mol. The molecular weight excluding hydrogens is 515 g/mol. The van der Waals surface area contributed by atoms with Crippen molar-refractivity contribution in [2.24, 2.45) is 0 Å². The Kier molecular flexibility index (Phi) is 7.93. The highest BCUT2D eigenvalue weighted by Crippen LogP contribution is 2.50. The van der Waals surface area contributed by atoms with Crippen LogP contribution >= 0.6 is 23.4 Å². The van der Waals surface area contributed by atoms with E-state index in [0.29, 0.717) is 0 Å². The number of hydrogen-bond acceptors (Lipinski definition) is 5. The fourth-order valence-corrected chi connectivity index (χ4v) is 5.16. The van der Waals surface area contributed by atoms with Crippen molar-refractivity contribution >= 4 is 40.0 Å². The highest BCUT2D eigenvalue weighted by Gasteiger charge is 2.62. The molecule has 0 aliphatic carbocycles. The molecular formula is C23H22ClF5N2O3S.